The van der Waals surface area contributed by atoms with Crippen molar-refractivity contribution >= 4 is 11.6 Å². The van der Waals surface area contributed by atoms with Crippen molar-refractivity contribution in [3.8, 4) is 0 Å². The van der Waals surface area contributed by atoms with Gasteiger partial charge in [0.05, 0.1) is 6.61 Å². The van der Waals surface area contributed by atoms with Crippen LogP contribution in [0.2, 0.25) is 0 Å². The molecule has 0 saturated carbocycles. The molecule has 0 fully saturated rings. The fourth-order valence-corrected chi connectivity index (χ4v) is 0.291. The number of hydrogen-bond donors (Lipinski definition) is 2. The van der Waals surface area contributed by atoms with Gasteiger partial charge in [-0.1, -0.05) is 11.6 Å². The highest BCUT2D eigenvalue weighted by molar-refractivity contribution is 6.23. The highest BCUT2D eigenvalue weighted by atomic mass is 35.5. The van der Waals surface area contributed by atoms with E-state index in [1.807, 2.05) is 0 Å². The maximum atomic E-state index is 12.2. The molecule has 2 nitrogen and oxygen atoms in total. The Morgan fingerprint density at radius 2 is 1.50 bits per heavy atom. The van der Waals surface area contributed by atoms with Crippen molar-refractivity contribution in [3.63, 3.8) is 0 Å². The molecule has 0 radical (unpaired) electrons. The van der Waals surface area contributed by atoms with Crippen LogP contribution in [-0.4, -0.2) is 34.5 Å². The van der Waals surface area contributed by atoms with Crippen molar-refractivity contribution in [2.75, 3.05) is 13.2 Å². The number of hydrogen-bond acceptors (Lipinski definition) is 2. The van der Waals surface area contributed by atoms with Gasteiger partial charge in [-0.2, -0.15) is 8.78 Å². The van der Waals surface area contributed by atoms with Gasteiger partial charge >= 0.3 is 5.92 Å². The molecule has 0 aliphatic heterocycles. The van der Waals surface area contributed by atoms with Gasteiger partial charge in [0.25, 0.3) is 5.13 Å². The van der Waals surface area contributed by atoms with Gasteiger partial charge in [-0.05, 0) is 0 Å². The summed E-state index contributed by atoms with van der Waals surface area (Å²) < 4.78 is 36.2. The second-order valence-electron chi connectivity index (χ2n) is 1.73. The van der Waals surface area contributed by atoms with Crippen molar-refractivity contribution in [2.24, 2.45) is 0 Å². The molecule has 0 aromatic heterocycles. The van der Waals surface area contributed by atoms with E-state index in [4.69, 9.17) is 10.2 Å². The van der Waals surface area contributed by atoms with E-state index >= 15 is 0 Å². The van der Waals surface area contributed by atoms with Crippen LogP contribution in [0.15, 0.2) is 0 Å². The SMILES string of the molecule is OCC(F)(F)C(F)(Cl)CO. The predicted octanol–water partition coefficient (Wildman–Crippen LogP) is 0.511. The standard InChI is InChI=1S/C4H6ClF3O2/c5-3(6,1-9)4(7,8)2-10/h9-10H,1-2H2. The Kier molecular flexibility index (Phi) is 2.94. The first-order valence-corrected chi connectivity index (χ1v) is 2.72. The van der Waals surface area contributed by atoms with Crippen molar-refractivity contribution in [1.82, 2.24) is 0 Å². The average Bonchev–Trinajstić information content (AvgIpc) is 1.88. The summed E-state index contributed by atoms with van der Waals surface area (Å²) in [7, 11) is 0. The third-order valence-corrected chi connectivity index (χ3v) is 1.33. The Morgan fingerprint density at radius 1 is 1.10 bits per heavy atom. The summed E-state index contributed by atoms with van der Waals surface area (Å²) in [4.78, 5) is 0. The van der Waals surface area contributed by atoms with Crippen molar-refractivity contribution in [3.05, 3.63) is 0 Å². The predicted molar refractivity (Wildman–Crippen MR) is 28.8 cm³/mol. The Balaban J connectivity index is 4.28. The van der Waals surface area contributed by atoms with E-state index in [-0.39, 0.29) is 0 Å². The van der Waals surface area contributed by atoms with E-state index in [0.717, 1.165) is 0 Å². The summed E-state index contributed by atoms with van der Waals surface area (Å²) in [5.41, 5.74) is 0. The summed E-state index contributed by atoms with van der Waals surface area (Å²) in [5.74, 6) is -4.11. The van der Waals surface area contributed by atoms with E-state index in [2.05, 4.69) is 11.6 Å². The first kappa shape index (κ1) is 10.0. The molecule has 62 valence electrons. The van der Waals surface area contributed by atoms with Gasteiger partial charge < -0.3 is 10.2 Å². The van der Waals surface area contributed by atoms with Gasteiger partial charge in [-0.15, -0.1) is 0 Å². The number of aliphatic hydroxyl groups excluding tert-OH is 2. The highest BCUT2D eigenvalue weighted by Crippen LogP contribution is 2.35. The molecule has 10 heavy (non-hydrogen) atoms. The topological polar surface area (TPSA) is 40.5 Å². The molecular formula is C4H6ClF3O2. The normalized spacial score (nSPS) is 18.6. The molecule has 0 bridgehead atoms. The van der Waals surface area contributed by atoms with Crippen LogP contribution in [-0.2, 0) is 0 Å². The Labute approximate surface area is 60.2 Å². The van der Waals surface area contributed by atoms with E-state index in [1.54, 1.807) is 0 Å². The van der Waals surface area contributed by atoms with Crippen LogP contribution in [0.5, 0.6) is 0 Å². The Bertz CT molecular complexity index is 103. The van der Waals surface area contributed by atoms with Gasteiger partial charge in [-0.25, -0.2) is 4.39 Å². The molecule has 1 atom stereocenters. The molecule has 0 saturated heterocycles. The van der Waals surface area contributed by atoms with E-state index in [1.165, 1.54) is 0 Å². The average molecular weight is 179 g/mol. The van der Waals surface area contributed by atoms with Crippen LogP contribution in [0.1, 0.15) is 0 Å². The molecule has 0 rings (SSSR count). The fraction of sp³-hybridized carbons (Fsp3) is 1.00. The van der Waals surface area contributed by atoms with Crippen molar-refractivity contribution in [2.45, 2.75) is 11.1 Å². The second-order valence-corrected chi connectivity index (χ2v) is 2.32. The van der Waals surface area contributed by atoms with Gasteiger partial charge in [0, 0.05) is 0 Å². The van der Waals surface area contributed by atoms with Crippen LogP contribution in [0.25, 0.3) is 0 Å². The third-order valence-electron chi connectivity index (χ3n) is 0.932. The maximum absolute atomic E-state index is 12.2. The van der Waals surface area contributed by atoms with Crippen LogP contribution in [0, 0.1) is 0 Å². The molecule has 0 aliphatic rings. The number of alkyl halides is 4. The first-order chi connectivity index (χ1) is 4.37. The summed E-state index contributed by atoms with van der Waals surface area (Å²) in [6, 6.07) is 0. The lowest BCUT2D eigenvalue weighted by Gasteiger charge is -2.23. The number of halogens is 4. The third kappa shape index (κ3) is 1.74. The van der Waals surface area contributed by atoms with Gasteiger partial charge in [0.2, 0.25) is 0 Å². The van der Waals surface area contributed by atoms with Gasteiger partial charge in [0.15, 0.2) is 0 Å². The quantitative estimate of drug-likeness (QED) is 0.619. The lowest BCUT2D eigenvalue weighted by molar-refractivity contribution is -0.140. The summed E-state index contributed by atoms with van der Waals surface area (Å²) >= 11 is 4.49. The zero-order chi connectivity index (χ0) is 8.41. The zero-order valence-corrected chi connectivity index (χ0v) is 5.58. The molecule has 0 aromatic rings. The molecule has 0 spiro atoms. The van der Waals surface area contributed by atoms with E-state index < -0.39 is 24.3 Å². The Morgan fingerprint density at radius 3 is 1.60 bits per heavy atom. The minimum Gasteiger partial charge on any atom is -0.391 e. The van der Waals surface area contributed by atoms with E-state index in [9.17, 15) is 13.2 Å². The van der Waals surface area contributed by atoms with Crippen molar-refractivity contribution < 1.29 is 23.4 Å². The molecular weight excluding hydrogens is 172 g/mol. The van der Waals surface area contributed by atoms with E-state index in [0.29, 0.717) is 0 Å². The first-order valence-electron chi connectivity index (χ1n) is 2.35. The highest BCUT2D eigenvalue weighted by Gasteiger charge is 2.53. The van der Waals surface area contributed by atoms with Crippen LogP contribution in [0.3, 0.4) is 0 Å². The fourth-order valence-electron chi connectivity index (χ4n) is 0.231. The van der Waals surface area contributed by atoms with Crippen molar-refractivity contribution in [1.29, 1.82) is 0 Å². The summed E-state index contributed by atoms with van der Waals surface area (Å²) in [6.07, 6.45) is 0. The number of rotatable bonds is 3. The lowest BCUT2D eigenvalue weighted by Crippen LogP contribution is -2.45. The molecule has 0 heterocycles. The smallest absolute Gasteiger partial charge is 0.320 e. The monoisotopic (exact) mass is 178 g/mol. The van der Waals surface area contributed by atoms with Gasteiger partial charge in [0.1, 0.15) is 6.61 Å². The van der Waals surface area contributed by atoms with Gasteiger partial charge in [-0.3, -0.25) is 0 Å². The zero-order valence-electron chi connectivity index (χ0n) is 4.82. The van der Waals surface area contributed by atoms with Crippen LogP contribution in [0.4, 0.5) is 13.2 Å². The molecule has 1 unspecified atom stereocenters. The lowest BCUT2D eigenvalue weighted by atomic mass is 10.2. The Hall–Kier alpha value is -0.0000000000000000208. The summed E-state index contributed by atoms with van der Waals surface area (Å²) in [6.45, 7) is -3.27. The largest absolute Gasteiger partial charge is 0.391 e. The molecule has 0 aromatic carbocycles. The summed E-state index contributed by atoms with van der Waals surface area (Å²) in [5, 5.41) is 12.3. The van der Waals surface area contributed by atoms with Crippen LogP contribution >= 0.6 is 11.6 Å². The minimum absolute atomic E-state index is 1.54. The molecule has 2 N–H and O–H groups in total. The minimum atomic E-state index is -4.11. The molecule has 6 heteroatoms. The molecule has 0 aliphatic carbocycles. The van der Waals surface area contributed by atoms with Crippen LogP contribution < -0.4 is 0 Å². The molecule has 0 amide bonds. The number of aliphatic hydroxyl groups is 2. The second kappa shape index (κ2) is 2.94. The maximum Gasteiger partial charge on any atom is 0.320 e.